The first kappa shape index (κ1) is 83.9. The van der Waals surface area contributed by atoms with Gasteiger partial charge in [0.1, 0.15) is 0 Å². The van der Waals surface area contributed by atoms with E-state index in [1.165, 1.54) is 76.2 Å². The zero-order chi connectivity index (χ0) is 95.1. The SMILES string of the molecule is c1ccc(-c2cc(-c3cccc(-c4cc(-c5ccc6c(c5)c5ccccc5n6-c5ccccc5)nc5ccc(-c6ccc7c(c6)c6ccccc6n7-c6ccccc6)cc45)c3)nc(-c3ccccc3)n2)cc1.c1ccc(-c2cc(-c3ccccc3)nc(-c3ccc(-c4cc(-c5ccc6c(c5)c5ccccc5n6-c5ccccc5)nc5ccc(-c6ccc7c(c6)c6ccccc6n7-c6ccccc6)cc45)cc3)n2)cc1. The van der Waals surface area contributed by atoms with Crippen LogP contribution in [0.1, 0.15) is 0 Å². The highest BCUT2D eigenvalue weighted by Gasteiger charge is 2.25. The van der Waals surface area contributed by atoms with E-state index in [9.17, 15) is 0 Å². The molecule has 20 aromatic carbocycles. The van der Waals surface area contributed by atoms with Crippen molar-refractivity contribution in [3.05, 3.63) is 522 Å². The Bertz CT molecular complexity index is 9740. The molecule has 0 fully saturated rings. The summed E-state index contributed by atoms with van der Waals surface area (Å²) in [5.41, 5.74) is 38.1. The first-order chi connectivity index (χ1) is 71.4. The van der Waals surface area contributed by atoms with E-state index in [0.29, 0.717) is 11.6 Å². The molecule has 0 amide bonds. The second kappa shape index (κ2) is 35.5. The number of hydrogen-bond acceptors (Lipinski definition) is 6. The minimum absolute atomic E-state index is 0.677. The highest BCUT2D eigenvalue weighted by molar-refractivity contribution is 6.15. The van der Waals surface area contributed by atoms with Crippen molar-refractivity contribution in [1.82, 2.24) is 48.2 Å². The summed E-state index contributed by atoms with van der Waals surface area (Å²) in [5.74, 6) is 1.36. The Morgan fingerprint density at radius 2 is 0.340 bits per heavy atom. The number of para-hydroxylation sites is 8. The van der Waals surface area contributed by atoms with Gasteiger partial charge in [0.2, 0.25) is 0 Å². The topological polar surface area (TPSA) is 97.1 Å². The highest BCUT2D eigenvalue weighted by atomic mass is 15.0. The molecule has 0 N–H and O–H groups in total. The maximum absolute atomic E-state index is 5.49. The molecule has 8 heterocycles. The van der Waals surface area contributed by atoms with Crippen LogP contribution in [0.2, 0.25) is 0 Å². The zero-order valence-corrected chi connectivity index (χ0v) is 78.1. The molecule has 672 valence electrons. The van der Waals surface area contributed by atoms with Gasteiger partial charge in [-0.2, -0.15) is 0 Å². The Morgan fingerprint density at radius 1 is 0.118 bits per heavy atom. The number of benzene rings is 20. The smallest absolute Gasteiger partial charge is 0.160 e. The summed E-state index contributed by atoms with van der Waals surface area (Å²) >= 11 is 0. The monoisotopic (exact) mass is 1830 g/mol. The maximum atomic E-state index is 5.49. The second-order valence-corrected chi connectivity index (χ2v) is 36.8. The van der Waals surface area contributed by atoms with Gasteiger partial charge in [-0.1, -0.05) is 346 Å². The summed E-state index contributed by atoms with van der Waals surface area (Å²) < 4.78 is 9.45. The second-order valence-electron chi connectivity index (χ2n) is 36.8. The van der Waals surface area contributed by atoms with Gasteiger partial charge in [-0.25, -0.2) is 29.9 Å². The number of hydrogen-bond donors (Lipinski definition) is 0. The Kier molecular flexibility index (Phi) is 20.7. The average molecular weight is 1840 g/mol. The minimum Gasteiger partial charge on any atom is -0.309 e. The highest BCUT2D eigenvalue weighted by Crippen LogP contribution is 2.46. The van der Waals surface area contributed by atoms with E-state index in [1.807, 2.05) is 36.4 Å². The summed E-state index contributed by atoms with van der Waals surface area (Å²) in [6.07, 6.45) is 0. The van der Waals surface area contributed by atoms with Gasteiger partial charge in [0.05, 0.1) is 89.3 Å². The van der Waals surface area contributed by atoms with E-state index in [0.717, 1.165) is 179 Å². The summed E-state index contributed by atoms with van der Waals surface area (Å²) in [4.78, 5) is 31.6. The van der Waals surface area contributed by atoms with Crippen molar-refractivity contribution in [1.29, 1.82) is 0 Å². The third-order valence-electron chi connectivity index (χ3n) is 28.2. The molecular weight excluding hydrogens is 1750 g/mol. The molecule has 28 rings (SSSR count). The summed E-state index contributed by atoms with van der Waals surface area (Å²) in [5, 5.41) is 11.8. The van der Waals surface area contributed by atoms with Gasteiger partial charge in [0, 0.05) is 121 Å². The van der Waals surface area contributed by atoms with E-state index in [1.54, 1.807) is 0 Å². The summed E-state index contributed by atoms with van der Waals surface area (Å²) in [6.45, 7) is 0. The third kappa shape index (κ3) is 15.1. The van der Waals surface area contributed by atoms with Crippen molar-refractivity contribution in [2.75, 3.05) is 0 Å². The normalized spacial score (nSPS) is 11.6. The van der Waals surface area contributed by atoms with Crippen LogP contribution in [0, 0.1) is 0 Å². The van der Waals surface area contributed by atoms with E-state index >= 15 is 0 Å². The summed E-state index contributed by atoms with van der Waals surface area (Å²) in [7, 11) is 0. The van der Waals surface area contributed by atoms with E-state index in [4.69, 9.17) is 29.9 Å². The van der Waals surface area contributed by atoms with Gasteiger partial charge >= 0.3 is 0 Å². The molecule has 0 spiro atoms. The van der Waals surface area contributed by atoms with Gasteiger partial charge < -0.3 is 18.3 Å². The van der Waals surface area contributed by atoms with Crippen molar-refractivity contribution in [2.45, 2.75) is 0 Å². The Morgan fingerprint density at radius 3 is 0.688 bits per heavy atom. The number of nitrogens with zero attached hydrogens (tertiary/aromatic N) is 10. The number of fused-ring (bicyclic) bond motifs is 14. The number of pyridine rings is 2. The zero-order valence-electron chi connectivity index (χ0n) is 78.1. The van der Waals surface area contributed by atoms with Crippen LogP contribution in [0.15, 0.2) is 522 Å². The quantitative estimate of drug-likeness (QED) is 0.0956. The van der Waals surface area contributed by atoms with Crippen LogP contribution in [-0.4, -0.2) is 48.2 Å². The lowest BCUT2D eigenvalue weighted by Gasteiger charge is -2.14. The molecule has 0 radical (unpaired) electrons. The first-order valence-electron chi connectivity index (χ1n) is 48.8. The van der Waals surface area contributed by atoms with Gasteiger partial charge in [-0.05, 0) is 220 Å². The molecule has 0 bridgehead atoms. The van der Waals surface area contributed by atoms with Crippen LogP contribution < -0.4 is 0 Å². The van der Waals surface area contributed by atoms with Crippen LogP contribution in [0.3, 0.4) is 0 Å². The number of aromatic nitrogens is 10. The van der Waals surface area contributed by atoms with Crippen molar-refractivity contribution < 1.29 is 0 Å². The molecule has 0 aliphatic carbocycles. The van der Waals surface area contributed by atoms with Crippen molar-refractivity contribution in [2.24, 2.45) is 0 Å². The minimum atomic E-state index is 0.677. The van der Waals surface area contributed by atoms with Crippen LogP contribution in [0.25, 0.3) is 267 Å². The van der Waals surface area contributed by atoms with Crippen molar-refractivity contribution in [3.8, 4) is 158 Å². The van der Waals surface area contributed by atoms with E-state index in [2.05, 4.69) is 504 Å². The largest absolute Gasteiger partial charge is 0.309 e. The molecule has 0 aliphatic heterocycles. The van der Waals surface area contributed by atoms with Crippen molar-refractivity contribution >= 4 is 109 Å². The molecule has 0 aliphatic rings. The van der Waals surface area contributed by atoms with Crippen LogP contribution in [0.4, 0.5) is 0 Å². The van der Waals surface area contributed by atoms with Crippen molar-refractivity contribution in [3.63, 3.8) is 0 Å². The fraction of sp³-hybridized carbons (Fsp3) is 0. The van der Waals surface area contributed by atoms with Crippen LogP contribution >= 0.6 is 0 Å². The molecule has 10 heteroatoms. The fourth-order valence-corrected chi connectivity index (χ4v) is 21.4. The Balaban J connectivity index is 0.000000143. The van der Waals surface area contributed by atoms with Gasteiger partial charge in [0.15, 0.2) is 11.6 Å². The number of rotatable bonds is 16. The molecule has 28 aromatic rings. The average Bonchev–Trinajstić information content (AvgIpc) is 1.57. The van der Waals surface area contributed by atoms with Crippen LogP contribution in [-0.2, 0) is 0 Å². The van der Waals surface area contributed by atoms with Gasteiger partial charge in [-0.3, -0.25) is 0 Å². The Hall–Kier alpha value is -19.4. The first-order valence-corrected chi connectivity index (χ1v) is 48.8. The van der Waals surface area contributed by atoms with Gasteiger partial charge in [0.25, 0.3) is 0 Å². The molecule has 0 saturated carbocycles. The molecule has 8 aromatic heterocycles. The van der Waals surface area contributed by atoms with Gasteiger partial charge in [-0.15, -0.1) is 0 Å². The summed E-state index contributed by atoms with van der Waals surface area (Å²) in [6, 6.07) is 186. The Labute approximate surface area is 830 Å². The molecule has 144 heavy (non-hydrogen) atoms. The van der Waals surface area contributed by atoms with E-state index < -0.39 is 0 Å². The lowest BCUT2D eigenvalue weighted by Crippen LogP contribution is -1.96. The molecule has 0 unspecified atom stereocenters. The third-order valence-corrected chi connectivity index (χ3v) is 28.2. The molecular formula is C134H86N10. The molecule has 0 atom stereocenters. The maximum Gasteiger partial charge on any atom is 0.160 e. The standard InChI is InChI=1S/2C67H43N5/c1-5-18-44(19-6-1)61-43-62(70-67(69-61)45-20-7-2-8-21-45)49-23-17-22-48(38-49)55-42-60(50-34-37-66-58(41-50)54-29-14-16-31-64(54)72(66)52-26-11-4-12-27-52)68-59-35-32-46(39-56(55)59)47-33-36-65-57(40-47)53-28-13-15-30-63(53)71(65)51-24-9-3-10-25-51;1-5-17-45(18-6-1)61-43-62(46-19-7-2-8-20-46)70-67(69-61)47-31-29-44(30-32-47)55-42-60(50-35-38-66-58(41-50)54-26-14-16-28-64(54)72(66)52-23-11-4-12-24-52)68-59-36-33-48(39-56(55)59)49-34-37-65-57(40-49)53-25-13-15-27-63(53)71(65)51-21-9-3-10-22-51/h2*1-43H. The lowest BCUT2D eigenvalue weighted by molar-refractivity contribution is 1.18. The predicted octanol–water partition coefficient (Wildman–Crippen LogP) is 34.4. The lowest BCUT2D eigenvalue weighted by atomic mass is 9.93. The fourth-order valence-electron chi connectivity index (χ4n) is 21.4. The molecule has 0 saturated heterocycles. The van der Waals surface area contributed by atoms with E-state index in [-0.39, 0.29) is 0 Å². The predicted molar refractivity (Wildman–Crippen MR) is 597 cm³/mol. The van der Waals surface area contributed by atoms with Crippen LogP contribution in [0.5, 0.6) is 0 Å². The molecule has 10 nitrogen and oxygen atoms in total.